The monoisotopic (exact) mass is 270 g/mol. The Morgan fingerprint density at radius 2 is 2.00 bits per heavy atom. The van der Waals surface area contributed by atoms with Crippen molar-refractivity contribution in [2.75, 3.05) is 13.2 Å². The molecule has 2 saturated heterocycles. The lowest BCUT2D eigenvalue weighted by Crippen LogP contribution is -2.77. The summed E-state index contributed by atoms with van der Waals surface area (Å²) in [5.74, 6) is 0.223. The van der Waals surface area contributed by atoms with Crippen molar-refractivity contribution in [2.24, 2.45) is 11.3 Å². The first-order valence-electron chi connectivity index (χ1n) is 7.34. The number of rotatable bonds is 2. The van der Waals surface area contributed by atoms with Crippen LogP contribution in [0.5, 0.6) is 0 Å². The van der Waals surface area contributed by atoms with Crippen LogP contribution in [0.4, 0.5) is 0 Å². The van der Waals surface area contributed by atoms with Crippen molar-refractivity contribution in [3.05, 3.63) is 0 Å². The molecule has 0 amide bonds. The summed E-state index contributed by atoms with van der Waals surface area (Å²) in [7, 11) is 0. The van der Waals surface area contributed by atoms with E-state index in [0.29, 0.717) is 6.61 Å². The smallest absolute Gasteiger partial charge is 0.123 e. The first kappa shape index (κ1) is 13.8. The molecular weight excluding hydrogens is 244 g/mol. The topological polar surface area (TPSA) is 58.9 Å². The van der Waals surface area contributed by atoms with Gasteiger partial charge in [-0.1, -0.05) is 6.92 Å². The quantitative estimate of drug-likeness (QED) is 0.798. The number of hydrogen-bond acceptors (Lipinski definition) is 4. The molecule has 2 aliphatic heterocycles. The fraction of sp³-hybridized carbons (Fsp3) is 1.00. The molecule has 0 aromatic rings. The van der Waals surface area contributed by atoms with Crippen molar-refractivity contribution in [1.82, 2.24) is 0 Å². The van der Waals surface area contributed by atoms with Crippen LogP contribution >= 0.6 is 0 Å². The Morgan fingerprint density at radius 1 is 1.32 bits per heavy atom. The third-order valence-corrected chi connectivity index (χ3v) is 6.17. The maximum Gasteiger partial charge on any atom is 0.123 e. The summed E-state index contributed by atoms with van der Waals surface area (Å²) < 4.78 is 12.2. The van der Waals surface area contributed by atoms with Crippen LogP contribution in [-0.4, -0.2) is 46.3 Å². The average Bonchev–Trinajstić information content (AvgIpc) is 2.48. The van der Waals surface area contributed by atoms with Crippen LogP contribution in [0.2, 0.25) is 0 Å². The highest BCUT2D eigenvalue weighted by atomic mass is 16.6. The minimum atomic E-state index is -0.687. The molecule has 5 atom stereocenters. The van der Waals surface area contributed by atoms with Gasteiger partial charge in [-0.2, -0.15) is 0 Å². The zero-order valence-electron chi connectivity index (χ0n) is 12.4. The molecule has 1 aliphatic carbocycles. The van der Waals surface area contributed by atoms with Gasteiger partial charge in [0.15, 0.2) is 0 Å². The summed E-state index contributed by atoms with van der Waals surface area (Å²) in [6.07, 6.45) is 2.61. The van der Waals surface area contributed by atoms with Crippen molar-refractivity contribution in [2.45, 2.75) is 69.9 Å². The van der Waals surface area contributed by atoms with Crippen molar-refractivity contribution in [1.29, 1.82) is 0 Å². The van der Waals surface area contributed by atoms with Gasteiger partial charge in [-0.15, -0.1) is 0 Å². The van der Waals surface area contributed by atoms with Gasteiger partial charge in [-0.3, -0.25) is 0 Å². The van der Waals surface area contributed by atoms with E-state index in [2.05, 4.69) is 13.8 Å². The predicted molar refractivity (Wildman–Crippen MR) is 70.8 cm³/mol. The Balaban J connectivity index is 1.93. The third-order valence-electron chi connectivity index (χ3n) is 6.17. The van der Waals surface area contributed by atoms with E-state index in [1.54, 1.807) is 0 Å². The fourth-order valence-electron chi connectivity index (χ4n) is 4.58. The van der Waals surface area contributed by atoms with E-state index in [0.717, 1.165) is 19.3 Å². The summed E-state index contributed by atoms with van der Waals surface area (Å²) >= 11 is 0. The summed E-state index contributed by atoms with van der Waals surface area (Å²) in [4.78, 5) is 0. The molecule has 0 bridgehead atoms. The molecule has 1 spiro atoms. The molecule has 1 saturated carbocycles. The minimum Gasteiger partial charge on any atom is -0.394 e. The molecule has 4 heteroatoms. The third kappa shape index (κ3) is 1.49. The summed E-state index contributed by atoms with van der Waals surface area (Å²) in [6.45, 7) is 8.75. The largest absolute Gasteiger partial charge is 0.394 e. The van der Waals surface area contributed by atoms with E-state index >= 15 is 0 Å². The van der Waals surface area contributed by atoms with Gasteiger partial charge in [0, 0.05) is 5.41 Å². The molecule has 3 aliphatic rings. The van der Waals surface area contributed by atoms with E-state index in [9.17, 15) is 10.2 Å². The molecule has 0 radical (unpaired) electrons. The van der Waals surface area contributed by atoms with Crippen LogP contribution in [0.25, 0.3) is 0 Å². The van der Waals surface area contributed by atoms with E-state index in [1.165, 1.54) is 0 Å². The Labute approximate surface area is 115 Å². The Kier molecular flexibility index (Phi) is 2.71. The van der Waals surface area contributed by atoms with Crippen LogP contribution in [0.3, 0.4) is 0 Å². The molecule has 110 valence electrons. The SMILES string of the molecule is CC(C)(O)[C@@H]1CC[C@@]2(C)CO[C@]3(C)[C@@H](CO)O[C@]23C1. The lowest BCUT2D eigenvalue weighted by Gasteiger charge is -2.65. The number of hydrogen-bond donors (Lipinski definition) is 2. The van der Waals surface area contributed by atoms with Gasteiger partial charge in [-0.05, 0) is 46.0 Å². The number of aliphatic hydroxyl groups excluding tert-OH is 1. The molecular formula is C15H26O4. The van der Waals surface area contributed by atoms with E-state index in [1.807, 2.05) is 13.8 Å². The van der Waals surface area contributed by atoms with Crippen molar-refractivity contribution in [3.63, 3.8) is 0 Å². The standard InChI is InChI=1S/C15H26O4/c1-12(2,17)10-5-6-13(3)9-18-14(4)11(8-16)19-15(13,14)7-10/h10-11,16-17H,5-9H2,1-4H3/t10-,11-,13+,14-,15-/m1/s1. The van der Waals surface area contributed by atoms with Crippen molar-refractivity contribution >= 4 is 0 Å². The normalized spacial score (nSPS) is 53.4. The predicted octanol–water partition coefficient (Wildman–Crippen LogP) is 1.48. The summed E-state index contributed by atoms with van der Waals surface area (Å²) in [5.41, 5.74) is -1.42. The Morgan fingerprint density at radius 3 is 2.58 bits per heavy atom. The van der Waals surface area contributed by atoms with E-state index < -0.39 is 11.2 Å². The van der Waals surface area contributed by atoms with Crippen molar-refractivity contribution < 1.29 is 19.7 Å². The summed E-state index contributed by atoms with van der Waals surface area (Å²) in [6, 6.07) is 0. The molecule has 2 heterocycles. The molecule has 0 unspecified atom stereocenters. The fourth-order valence-corrected chi connectivity index (χ4v) is 4.58. The first-order chi connectivity index (χ1) is 8.69. The van der Waals surface area contributed by atoms with Crippen LogP contribution in [0.1, 0.15) is 47.0 Å². The number of aliphatic hydroxyl groups is 2. The van der Waals surface area contributed by atoms with E-state index in [4.69, 9.17) is 9.47 Å². The Hall–Kier alpha value is -0.160. The van der Waals surface area contributed by atoms with Gasteiger partial charge in [0.25, 0.3) is 0 Å². The molecule has 2 N–H and O–H groups in total. The van der Waals surface area contributed by atoms with Crippen LogP contribution < -0.4 is 0 Å². The van der Waals surface area contributed by atoms with Crippen LogP contribution in [-0.2, 0) is 9.47 Å². The van der Waals surface area contributed by atoms with Gasteiger partial charge < -0.3 is 19.7 Å². The van der Waals surface area contributed by atoms with E-state index in [-0.39, 0.29) is 29.6 Å². The highest BCUT2D eigenvalue weighted by Gasteiger charge is 2.77. The zero-order chi connectivity index (χ0) is 14.1. The minimum absolute atomic E-state index is 0.00150. The second-order valence-corrected chi connectivity index (χ2v) is 7.67. The highest BCUT2D eigenvalue weighted by molar-refractivity contribution is 5.25. The Bertz CT molecular complexity index is 390. The van der Waals surface area contributed by atoms with Gasteiger partial charge >= 0.3 is 0 Å². The van der Waals surface area contributed by atoms with Crippen molar-refractivity contribution in [3.8, 4) is 0 Å². The second-order valence-electron chi connectivity index (χ2n) is 7.67. The highest BCUT2D eigenvalue weighted by Crippen LogP contribution is 2.67. The molecule has 3 fully saturated rings. The second kappa shape index (κ2) is 3.73. The maximum atomic E-state index is 10.3. The molecule has 19 heavy (non-hydrogen) atoms. The maximum absolute atomic E-state index is 10.3. The van der Waals surface area contributed by atoms with Gasteiger partial charge in [0.2, 0.25) is 0 Å². The zero-order valence-corrected chi connectivity index (χ0v) is 12.4. The van der Waals surface area contributed by atoms with Gasteiger partial charge in [0.05, 0.1) is 18.8 Å². The summed E-state index contributed by atoms with van der Waals surface area (Å²) in [5, 5.41) is 19.8. The molecule has 0 aromatic heterocycles. The lowest BCUT2D eigenvalue weighted by atomic mass is 9.52. The molecule has 4 nitrogen and oxygen atoms in total. The van der Waals surface area contributed by atoms with Gasteiger partial charge in [0.1, 0.15) is 17.3 Å². The van der Waals surface area contributed by atoms with Crippen LogP contribution in [0.15, 0.2) is 0 Å². The lowest BCUT2D eigenvalue weighted by molar-refractivity contribution is -0.360. The van der Waals surface area contributed by atoms with Crippen LogP contribution in [0, 0.1) is 11.3 Å². The molecule has 0 aromatic carbocycles. The van der Waals surface area contributed by atoms with Gasteiger partial charge in [-0.25, -0.2) is 0 Å². The first-order valence-corrected chi connectivity index (χ1v) is 7.34. The average molecular weight is 270 g/mol. The molecule has 3 rings (SSSR count). The number of ether oxygens (including phenoxy) is 2.